The van der Waals surface area contributed by atoms with Crippen LogP contribution < -0.4 is 26.0 Å². The summed E-state index contributed by atoms with van der Waals surface area (Å²) in [7, 11) is 3.16. The Kier molecular flexibility index (Phi) is 10.9. The molecule has 5 N–H and O–H groups in total. The number of urea groups is 1. The minimum atomic E-state index is -0.828. The number of aliphatic hydroxyl groups is 1. The van der Waals surface area contributed by atoms with Crippen molar-refractivity contribution in [2.24, 2.45) is 0 Å². The van der Waals surface area contributed by atoms with Gasteiger partial charge in [-0.2, -0.15) is 0 Å². The molecule has 0 aliphatic carbocycles. The van der Waals surface area contributed by atoms with Crippen LogP contribution in [0.2, 0.25) is 0 Å². The van der Waals surface area contributed by atoms with Gasteiger partial charge in [-0.1, -0.05) is 60.3 Å². The first-order chi connectivity index (χ1) is 21.0. The maximum atomic E-state index is 13.9. The molecule has 0 radical (unpaired) electrons. The molecular formula is C33H41N5O5S. The highest BCUT2D eigenvalue weighted by atomic mass is 32.2. The molecular weight excluding hydrogens is 578 g/mol. The normalized spacial score (nSPS) is 15.5. The number of β-amino-alcohol motifs (C(OH)–C–C–N with tert-alkyl or cyclic N) is 1. The average Bonchev–Trinajstić information content (AvgIpc) is 3.12. The second-order valence-corrected chi connectivity index (χ2v) is 12.6. The Bertz CT molecular complexity index is 1480. The molecule has 0 saturated heterocycles. The Hall–Kier alpha value is -4.06. The molecule has 234 valence electrons. The Labute approximate surface area is 262 Å². The van der Waals surface area contributed by atoms with Crippen molar-refractivity contribution in [3.8, 4) is 16.9 Å². The molecule has 4 rings (SSSR count). The summed E-state index contributed by atoms with van der Waals surface area (Å²) in [5.41, 5.74) is 3.81. The van der Waals surface area contributed by atoms with Crippen molar-refractivity contribution in [3.05, 3.63) is 77.9 Å². The van der Waals surface area contributed by atoms with Crippen molar-refractivity contribution in [3.63, 3.8) is 0 Å². The maximum absolute atomic E-state index is 13.9. The summed E-state index contributed by atoms with van der Waals surface area (Å²) in [6.45, 7) is 6.53. The molecule has 3 aromatic carbocycles. The first-order valence-corrected chi connectivity index (χ1v) is 15.4. The molecule has 1 aliphatic heterocycles. The highest BCUT2D eigenvalue weighted by molar-refractivity contribution is 8.00. The molecule has 0 fully saturated rings. The molecule has 1 aliphatic rings. The fraction of sp³-hybridized carbons (Fsp3) is 0.364. The number of rotatable bonds is 11. The van der Waals surface area contributed by atoms with Crippen molar-refractivity contribution >= 4 is 35.3 Å². The van der Waals surface area contributed by atoms with Gasteiger partial charge in [0.05, 0.1) is 18.9 Å². The van der Waals surface area contributed by atoms with Crippen LogP contribution in [0.5, 0.6) is 5.75 Å². The van der Waals surface area contributed by atoms with Crippen LogP contribution >= 0.6 is 11.8 Å². The van der Waals surface area contributed by atoms with E-state index in [0.29, 0.717) is 31.1 Å². The van der Waals surface area contributed by atoms with Gasteiger partial charge in [-0.3, -0.25) is 9.59 Å². The first kappa shape index (κ1) is 32.8. The number of ether oxygens (including phenoxy) is 1. The number of methoxy groups -OCH3 is 1. The Morgan fingerprint density at radius 2 is 1.84 bits per heavy atom. The molecule has 4 amide bonds. The number of hydrogen-bond donors (Lipinski definition) is 5. The zero-order valence-electron chi connectivity index (χ0n) is 25.8. The monoisotopic (exact) mass is 619 g/mol. The summed E-state index contributed by atoms with van der Waals surface area (Å²) in [5.74, 6) is 0.212. The van der Waals surface area contributed by atoms with Crippen LogP contribution in [0.3, 0.4) is 0 Å². The minimum absolute atomic E-state index is 0.132. The Balaban J connectivity index is 1.55. The number of nitrogens with zero attached hydrogens (tertiary/aromatic N) is 1. The van der Waals surface area contributed by atoms with E-state index >= 15 is 0 Å². The van der Waals surface area contributed by atoms with Gasteiger partial charge in [-0.15, -0.1) is 0 Å². The van der Waals surface area contributed by atoms with Crippen molar-refractivity contribution in [2.75, 3.05) is 26.0 Å². The van der Waals surface area contributed by atoms with Crippen LogP contribution in [-0.2, 0) is 22.7 Å². The lowest BCUT2D eigenvalue weighted by Crippen LogP contribution is -2.50. The fourth-order valence-electron chi connectivity index (χ4n) is 4.88. The molecule has 44 heavy (non-hydrogen) atoms. The number of carbonyl (C=O) groups excluding carboxylic acids is 3. The number of nitrogens with one attached hydrogen (secondary N) is 4. The maximum Gasteiger partial charge on any atom is 0.318 e. The number of para-hydroxylation sites is 1. The van der Waals surface area contributed by atoms with Crippen LogP contribution in [0.4, 0.5) is 10.5 Å². The van der Waals surface area contributed by atoms with Crippen LogP contribution in [-0.4, -0.2) is 65.6 Å². The molecule has 1 heterocycles. The van der Waals surface area contributed by atoms with Gasteiger partial charge in [0.25, 0.3) is 5.91 Å². The van der Waals surface area contributed by atoms with Crippen molar-refractivity contribution in [1.29, 1.82) is 0 Å². The minimum Gasteiger partial charge on any atom is -0.497 e. The van der Waals surface area contributed by atoms with Crippen LogP contribution in [0.15, 0.2) is 71.6 Å². The summed E-state index contributed by atoms with van der Waals surface area (Å²) in [6.07, 6.45) is -0.411. The summed E-state index contributed by atoms with van der Waals surface area (Å²) < 4.78 is 5.43. The number of hydrogen-bond acceptors (Lipinski definition) is 7. The number of aliphatic hydroxyl groups excluding tert-OH is 1. The van der Waals surface area contributed by atoms with Gasteiger partial charge >= 0.3 is 6.03 Å². The second kappa shape index (κ2) is 14.6. The van der Waals surface area contributed by atoms with E-state index in [1.807, 2.05) is 80.6 Å². The quantitative estimate of drug-likeness (QED) is 0.216. The summed E-state index contributed by atoms with van der Waals surface area (Å²) >= 11 is 1.31. The molecule has 0 aromatic heterocycles. The Morgan fingerprint density at radius 3 is 2.52 bits per heavy atom. The number of benzene rings is 3. The topological polar surface area (TPSA) is 132 Å². The number of amides is 4. The van der Waals surface area contributed by atoms with Gasteiger partial charge in [0.15, 0.2) is 5.37 Å². The molecule has 0 saturated carbocycles. The molecule has 10 nitrogen and oxygen atoms in total. The van der Waals surface area contributed by atoms with E-state index in [2.05, 4.69) is 21.3 Å². The van der Waals surface area contributed by atoms with E-state index in [9.17, 15) is 19.5 Å². The van der Waals surface area contributed by atoms with Crippen LogP contribution in [0, 0.1) is 0 Å². The van der Waals surface area contributed by atoms with Gasteiger partial charge in [-0.05, 0) is 55.7 Å². The van der Waals surface area contributed by atoms with Gasteiger partial charge in [0.1, 0.15) is 5.75 Å². The third-order valence-corrected chi connectivity index (χ3v) is 8.42. The second-order valence-electron chi connectivity index (χ2n) is 11.5. The van der Waals surface area contributed by atoms with E-state index in [1.54, 1.807) is 26.0 Å². The number of thioether (sulfide) groups is 1. The van der Waals surface area contributed by atoms with Gasteiger partial charge in [0.2, 0.25) is 5.91 Å². The lowest BCUT2D eigenvalue weighted by molar-refractivity contribution is -0.135. The third-order valence-electron chi connectivity index (χ3n) is 7.23. The van der Waals surface area contributed by atoms with E-state index in [4.69, 9.17) is 4.74 Å². The summed E-state index contributed by atoms with van der Waals surface area (Å²) in [5, 5.41) is 20.4. The van der Waals surface area contributed by atoms with Crippen molar-refractivity contribution in [1.82, 2.24) is 20.9 Å². The van der Waals surface area contributed by atoms with E-state index < -0.39 is 17.0 Å². The highest BCUT2D eigenvalue weighted by Gasteiger charge is 2.33. The lowest BCUT2D eigenvalue weighted by Gasteiger charge is -2.28. The predicted molar refractivity (Wildman–Crippen MR) is 173 cm³/mol. The average molecular weight is 620 g/mol. The molecule has 2 atom stereocenters. The number of anilines is 1. The molecule has 0 unspecified atom stereocenters. The summed E-state index contributed by atoms with van der Waals surface area (Å²) in [6, 6.07) is 20.9. The largest absolute Gasteiger partial charge is 0.497 e. The van der Waals surface area contributed by atoms with Gasteiger partial charge < -0.3 is 36.0 Å². The zero-order valence-corrected chi connectivity index (χ0v) is 26.6. The van der Waals surface area contributed by atoms with E-state index in [-0.39, 0.29) is 24.3 Å². The third kappa shape index (κ3) is 8.75. The summed E-state index contributed by atoms with van der Waals surface area (Å²) in [4.78, 5) is 41.6. The van der Waals surface area contributed by atoms with Crippen LogP contribution in [0.1, 0.15) is 38.3 Å². The fourth-order valence-corrected chi connectivity index (χ4v) is 6.04. The zero-order chi connectivity index (χ0) is 31.9. The van der Waals surface area contributed by atoms with Crippen molar-refractivity contribution in [2.45, 2.75) is 62.2 Å². The van der Waals surface area contributed by atoms with E-state index in [0.717, 1.165) is 27.1 Å². The SMILES string of the molecule is CNC(=O)Nc1ccccc1-c1ccc(CN2Cc3ccc(OC)cc3S[C@@H](NC(=O)CC(C)(C)NC[C@@H](C)O)C2=O)cc1. The predicted octanol–water partition coefficient (Wildman–Crippen LogP) is 4.33. The smallest absolute Gasteiger partial charge is 0.318 e. The number of fused-ring (bicyclic) bond motifs is 1. The van der Waals surface area contributed by atoms with Crippen LogP contribution in [0.25, 0.3) is 11.1 Å². The molecule has 0 spiro atoms. The molecule has 11 heteroatoms. The van der Waals surface area contributed by atoms with E-state index in [1.165, 1.54) is 11.8 Å². The number of carbonyl (C=O) groups is 3. The van der Waals surface area contributed by atoms with Crippen molar-refractivity contribution < 1.29 is 24.2 Å². The lowest BCUT2D eigenvalue weighted by atomic mass is 10.00. The van der Waals surface area contributed by atoms with Gasteiger partial charge in [-0.25, -0.2) is 4.79 Å². The van der Waals surface area contributed by atoms with Gasteiger partial charge in [0, 0.05) is 49.1 Å². The highest BCUT2D eigenvalue weighted by Crippen LogP contribution is 2.35. The standard InChI is InChI=1S/C33H41N5O5S/c1-21(39)18-35-33(2,3)17-29(40)37-30-31(41)38(20-24-14-15-25(43-5)16-28(24)44-30)19-22-10-12-23(13-11-22)26-8-6-7-9-27(26)36-32(42)34-4/h6-16,21,30,35,39H,17-20H2,1-5H3,(H,37,40)(H2,34,36,42)/t21-,30-/m1/s1. The Morgan fingerprint density at radius 1 is 1.11 bits per heavy atom. The molecule has 3 aromatic rings. The molecule has 0 bridgehead atoms. The first-order valence-electron chi connectivity index (χ1n) is 14.5.